The van der Waals surface area contributed by atoms with Crippen molar-refractivity contribution in [1.82, 2.24) is 24.9 Å². The molecule has 0 aliphatic carbocycles. The van der Waals surface area contributed by atoms with Crippen molar-refractivity contribution in [1.29, 1.82) is 15.8 Å². The first-order valence-electron chi connectivity index (χ1n) is 7.83. The molecule has 11 nitrogen and oxygen atoms in total. The number of nitriles is 3. The Labute approximate surface area is 167 Å². The van der Waals surface area contributed by atoms with Crippen LogP contribution in [0.1, 0.15) is 17.0 Å². The second-order valence-corrected chi connectivity index (χ2v) is 5.61. The van der Waals surface area contributed by atoms with Gasteiger partial charge in [-0.25, -0.2) is 9.97 Å². The zero-order valence-corrected chi connectivity index (χ0v) is 14.5. The van der Waals surface area contributed by atoms with Crippen molar-refractivity contribution in [2.75, 3.05) is 0 Å². The molecule has 132 valence electrons. The van der Waals surface area contributed by atoms with E-state index < -0.39 is 0 Å². The van der Waals surface area contributed by atoms with E-state index in [9.17, 15) is 15.8 Å². The summed E-state index contributed by atoms with van der Waals surface area (Å²) in [5, 5.41) is 28.3. The summed E-state index contributed by atoms with van der Waals surface area (Å²) in [5.41, 5.74) is -0.0603. The summed E-state index contributed by atoms with van der Waals surface area (Å²) in [6.07, 6.45) is 0. The number of pyridine rings is 1. The second-order valence-electron chi connectivity index (χ2n) is 5.61. The Morgan fingerprint density at radius 2 is 1.07 bits per heavy atom. The molecule has 3 aromatic heterocycles. The van der Waals surface area contributed by atoms with Gasteiger partial charge in [0.05, 0.1) is 5.56 Å². The molecule has 0 aliphatic rings. The highest BCUT2D eigenvalue weighted by atomic mass is 15.0. The van der Waals surface area contributed by atoms with Crippen LogP contribution in [0.25, 0.3) is 47.5 Å². The smallest absolute Gasteiger partial charge is 0.307 e. The predicted octanol–water partition coefficient (Wildman–Crippen LogP) is 3.39. The number of hydrogen-bond donors (Lipinski definition) is 0. The number of fused-ring (bicyclic) bond motifs is 6. The van der Waals surface area contributed by atoms with Crippen molar-refractivity contribution in [3.8, 4) is 18.2 Å². The lowest BCUT2D eigenvalue weighted by Crippen LogP contribution is -1.99. The van der Waals surface area contributed by atoms with E-state index in [0.717, 1.165) is 0 Å². The molecule has 0 saturated carbocycles. The Morgan fingerprint density at radius 3 is 1.53 bits per heavy atom. The minimum Gasteiger partial charge on any atom is -0.370 e. The molecule has 0 atom stereocenters. The Balaban J connectivity index is 2.42. The summed E-state index contributed by atoms with van der Waals surface area (Å²) in [7, 11) is 0. The zero-order chi connectivity index (χ0) is 21.4. The van der Waals surface area contributed by atoms with Gasteiger partial charge in [-0.15, -0.1) is 15.0 Å². The zero-order valence-electron chi connectivity index (χ0n) is 14.5. The molecule has 4 rings (SSSR count). The topological polar surface area (TPSA) is 149 Å². The van der Waals surface area contributed by atoms with Crippen LogP contribution < -0.4 is 0 Å². The molecule has 30 heavy (non-hydrogen) atoms. The maximum Gasteiger partial charge on any atom is 0.307 e. The number of nitrogens with zero attached hydrogens (tertiary/aromatic N) is 11. The molecule has 0 N–H and O–H groups in total. The van der Waals surface area contributed by atoms with Crippen LogP contribution in [0.3, 0.4) is 0 Å². The average molecular weight is 383 g/mol. The Kier molecular flexibility index (Phi) is 3.79. The van der Waals surface area contributed by atoms with E-state index in [1.807, 2.05) is 12.1 Å². The molecular formula is C19HN11. The minimum atomic E-state index is -0.275. The fourth-order valence-electron chi connectivity index (χ4n) is 2.88. The molecule has 0 fully saturated rings. The van der Waals surface area contributed by atoms with E-state index in [4.69, 9.17) is 19.7 Å². The van der Waals surface area contributed by atoms with Gasteiger partial charge < -0.3 is 14.5 Å². The van der Waals surface area contributed by atoms with Crippen LogP contribution in [0.15, 0.2) is 6.07 Å². The van der Waals surface area contributed by atoms with Gasteiger partial charge in [-0.2, -0.15) is 15.8 Å². The Morgan fingerprint density at radius 1 is 0.600 bits per heavy atom. The highest BCUT2D eigenvalue weighted by Gasteiger charge is 2.27. The SMILES string of the molecule is [C-]#[N+]c1nc2c(nc1C#N)c1cc(C#N)c(C#N)nc1c1nc([N+]#[C-])c([N+]#[C-])nc21. The third-order valence-corrected chi connectivity index (χ3v) is 4.11. The molecule has 11 heteroatoms. The van der Waals surface area contributed by atoms with Gasteiger partial charge >= 0.3 is 5.82 Å². The second kappa shape index (κ2) is 6.45. The van der Waals surface area contributed by atoms with E-state index in [-0.39, 0.29) is 67.4 Å². The molecule has 1 aromatic carbocycles. The number of benzene rings is 1. The summed E-state index contributed by atoms with van der Waals surface area (Å²) in [5.74, 6) is -0.814. The third kappa shape index (κ3) is 2.29. The van der Waals surface area contributed by atoms with E-state index in [1.54, 1.807) is 6.07 Å². The van der Waals surface area contributed by atoms with Gasteiger partial charge in [0.1, 0.15) is 29.2 Å². The molecule has 0 unspecified atom stereocenters. The minimum absolute atomic E-state index is 0.0312. The van der Waals surface area contributed by atoms with Gasteiger partial charge in [-0.3, -0.25) is 0 Å². The molecule has 3 heterocycles. The highest BCUT2D eigenvalue weighted by Crippen LogP contribution is 2.36. The van der Waals surface area contributed by atoms with E-state index >= 15 is 0 Å². The monoisotopic (exact) mass is 383 g/mol. The summed E-state index contributed by atoms with van der Waals surface area (Å²) in [4.78, 5) is 30.5. The number of rotatable bonds is 0. The maximum absolute atomic E-state index is 9.36. The van der Waals surface area contributed by atoms with Crippen molar-refractivity contribution >= 4 is 50.4 Å². The molecular weight excluding hydrogens is 382 g/mol. The van der Waals surface area contributed by atoms with Gasteiger partial charge in [0, 0.05) is 5.39 Å². The lowest BCUT2D eigenvalue weighted by Gasteiger charge is -2.05. The van der Waals surface area contributed by atoms with Crippen LogP contribution in [0, 0.1) is 53.7 Å². The van der Waals surface area contributed by atoms with E-state index in [1.165, 1.54) is 6.07 Å². The summed E-state index contributed by atoms with van der Waals surface area (Å²) in [6, 6.07) is 6.85. The highest BCUT2D eigenvalue weighted by molar-refractivity contribution is 6.20. The fourth-order valence-corrected chi connectivity index (χ4v) is 2.88. The molecule has 4 aromatic rings. The van der Waals surface area contributed by atoms with Gasteiger partial charge in [0.15, 0.2) is 11.4 Å². The first-order chi connectivity index (χ1) is 14.6. The molecule has 0 radical (unpaired) electrons. The first-order valence-corrected chi connectivity index (χ1v) is 7.83. The van der Waals surface area contributed by atoms with Crippen molar-refractivity contribution in [3.63, 3.8) is 0 Å². The van der Waals surface area contributed by atoms with Crippen molar-refractivity contribution < 1.29 is 0 Å². The normalized spacial score (nSPS) is 9.80. The number of aromatic nitrogens is 5. The standard InChI is InChI=1S/C19HN11/c1-23-17-11(7-22)27-13-9-4-8(5-20)10(6-21)26-12(9)15-16(14(13)28-17)30-19(25-3)18(24-2)29-15/h4H. The van der Waals surface area contributed by atoms with E-state index in [0.29, 0.717) is 0 Å². The first kappa shape index (κ1) is 17.7. The molecule has 0 amide bonds. The van der Waals surface area contributed by atoms with Crippen LogP contribution in [-0.2, 0) is 0 Å². The largest absolute Gasteiger partial charge is 0.370 e. The van der Waals surface area contributed by atoms with Crippen molar-refractivity contribution in [2.45, 2.75) is 0 Å². The van der Waals surface area contributed by atoms with Gasteiger partial charge in [-0.05, 0) is 6.07 Å². The van der Waals surface area contributed by atoms with Gasteiger partial charge in [0.25, 0.3) is 17.2 Å². The Hall–Kier alpha value is -5.75. The van der Waals surface area contributed by atoms with Crippen LogP contribution in [0.5, 0.6) is 0 Å². The lowest BCUT2D eigenvalue weighted by molar-refractivity contribution is 1.25. The summed E-state index contributed by atoms with van der Waals surface area (Å²) < 4.78 is 0. The van der Waals surface area contributed by atoms with Crippen LogP contribution in [0.4, 0.5) is 17.5 Å². The Bertz CT molecular complexity index is 1350. The van der Waals surface area contributed by atoms with Crippen molar-refractivity contribution in [3.05, 3.63) is 57.3 Å². The quantitative estimate of drug-likeness (QED) is 0.331. The molecule has 0 saturated heterocycles. The maximum atomic E-state index is 9.36. The molecule has 0 spiro atoms. The van der Waals surface area contributed by atoms with Crippen LogP contribution >= 0.6 is 0 Å². The summed E-state index contributed by atoms with van der Waals surface area (Å²) in [6.45, 7) is 21.8. The van der Waals surface area contributed by atoms with Crippen LogP contribution in [0.2, 0.25) is 0 Å². The lowest BCUT2D eigenvalue weighted by atomic mass is 10.1. The molecule has 0 bridgehead atoms. The van der Waals surface area contributed by atoms with Gasteiger partial charge in [-0.1, -0.05) is 19.7 Å². The fraction of sp³-hybridized carbons (Fsp3) is 0. The van der Waals surface area contributed by atoms with E-state index in [2.05, 4.69) is 39.5 Å². The average Bonchev–Trinajstić information content (AvgIpc) is 2.81. The van der Waals surface area contributed by atoms with Crippen molar-refractivity contribution in [2.24, 2.45) is 0 Å². The van der Waals surface area contributed by atoms with Crippen LogP contribution in [-0.4, -0.2) is 24.9 Å². The third-order valence-electron chi connectivity index (χ3n) is 4.11. The number of hydrogen-bond acceptors (Lipinski definition) is 8. The van der Waals surface area contributed by atoms with Gasteiger partial charge in [0.2, 0.25) is 11.0 Å². The summed E-state index contributed by atoms with van der Waals surface area (Å²) >= 11 is 0. The predicted molar refractivity (Wildman–Crippen MR) is 101 cm³/mol. The molecule has 0 aliphatic heterocycles.